The Hall–Kier alpha value is -3.25. The first-order valence-electron chi connectivity index (χ1n) is 9.35. The predicted molar refractivity (Wildman–Crippen MR) is 111 cm³/mol. The smallest absolute Gasteiger partial charge is 0.287 e. The molecule has 0 spiro atoms. The van der Waals surface area contributed by atoms with Crippen LogP contribution >= 0.6 is 11.6 Å². The molecule has 0 aliphatic heterocycles. The maximum atomic E-state index is 12.2. The molecule has 1 amide bonds. The van der Waals surface area contributed by atoms with Crippen molar-refractivity contribution in [2.45, 2.75) is 19.5 Å². The molecule has 0 atom stereocenters. The summed E-state index contributed by atoms with van der Waals surface area (Å²) in [6.45, 7) is 1.53. The zero-order chi connectivity index (χ0) is 20.1. The summed E-state index contributed by atoms with van der Waals surface area (Å²) in [5.74, 6) is 1.47. The Balaban J connectivity index is 1.43. The standard InChI is InChI=1S/C22H20ClN3O3/c23-16-7-1-4-10-19(16)28-14-6-12-26-18-9-3-2-8-17(18)25-21(26)15-24-22(27)20-11-5-13-29-20/h1-5,7-11,13H,6,12,14-15H2,(H,24,27). The molecular weight excluding hydrogens is 390 g/mol. The van der Waals surface area contributed by atoms with Crippen molar-refractivity contribution in [3.05, 3.63) is 83.5 Å². The number of halogens is 1. The first-order valence-corrected chi connectivity index (χ1v) is 9.73. The molecule has 6 nitrogen and oxygen atoms in total. The lowest BCUT2D eigenvalue weighted by atomic mass is 10.3. The molecule has 0 aliphatic carbocycles. The van der Waals surface area contributed by atoms with E-state index in [2.05, 4.69) is 14.9 Å². The van der Waals surface area contributed by atoms with Gasteiger partial charge >= 0.3 is 0 Å². The monoisotopic (exact) mass is 409 g/mol. The van der Waals surface area contributed by atoms with E-state index in [1.807, 2.05) is 42.5 Å². The Morgan fingerprint density at radius 3 is 2.76 bits per heavy atom. The molecule has 0 bridgehead atoms. The highest BCUT2D eigenvalue weighted by atomic mass is 35.5. The summed E-state index contributed by atoms with van der Waals surface area (Å²) in [5.41, 5.74) is 1.91. The van der Waals surface area contributed by atoms with Gasteiger partial charge in [-0.3, -0.25) is 4.79 Å². The van der Waals surface area contributed by atoms with Crippen LogP contribution in [-0.2, 0) is 13.1 Å². The Labute approximate surface area is 173 Å². The highest BCUT2D eigenvalue weighted by Gasteiger charge is 2.13. The summed E-state index contributed by atoms with van der Waals surface area (Å²) >= 11 is 6.13. The highest BCUT2D eigenvalue weighted by Crippen LogP contribution is 2.23. The molecule has 7 heteroatoms. The minimum Gasteiger partial charge on any atom is -0.492 e. The van der Waals surface area contributed by atoms with Gasteiger partial charge in [-0.25, -0.2) is 4.98 Å². The molecule has 148 valence electrons. The van der Waals surface area contributed by atoms with Crippen LogP contribution in [0.15, 0.2) is 71.3 Å². The van der Waals surface area contributed by atoms with Crippen LogP contribution in [0.3, 0.4) is 0 Å². The Kier molecular flexibility index (Phi) is 5.81. The molecule has 0 saturated heterocycles. The fourth-order valence-corrected chi connectivity index (χ4v) is 3.32. The number of hydrogen-bond acceptors (Lipinski definition) is 4. The van der Waals surface area contributed by atoms with Gasteiger partial charge in [-0.1, -0.05) is 35.9 Å². The number of para-hydroxylation sites is 3. The highest BCUT2D eigenvalue weighted by molar-refractivity contribution is 6.32. The number of hydrogen-bond donors (Lipinski definition) is 1. The summed E-state index contributed by atoms with van der Waals surface area (Å²) in [6, 6.07) is 18.6. The second-order valence-corrected chi connectivity index (χ2v) is 6.87. The van der Waals surface area contributed by atoms with Crippen molar-refractivity contribution in [1.29, 1.82) is 0 Å². The van der Waals surface area contributed by atoms with E-state index < -0.39 is 0 Å². The lowest BCUT2D eigenvalue weighted by molar-refractivity contribution is 0.0921. The Bertz CT molecular complexity index is 1110. The second kappa shape index (κ2) is 8.84. The number of ether oxygens (including phenoxy) is 1. The SMILES string of the molecule is O=C(NCc1nc2ccccc2n1CCCOc1ccccc1Cl)c1ccco1. The molecule has 0 unspecified atom stereocenters. The summed E-state index contributed by atoms with van der Waals surface area (Å²) in [6.07, 6.45) is 2.24. The number of nitrogens with one attached hydrogen (secondary N) is 1. The Morgan fingerprint density at radius 2 is 1.93 bits per heavy atom. The fraction of sp³-hybridized carbons (Fsp3) is 0.182. The first-order chi connectivity index (χ1) is 14.2. The van der Waals surface area contributed by atoms with E-state index in [0.29, 0.717) is 30.5 Å². The van der Waals surface area contributed by atoms with Gasteiger partial charge in [-0.15, -0.1) is 0 Å². The van der Waals surface area contributed by atoms with Crippen LogP contribution in [-0.4, -0.2) is 22.1 Å². The van der Waals surface area contributed by atoms with Gasteiger partial charge in [-0.05, 0) is 42.8 Å². The van der Waals surface area contributed by atoms with Crippen molar-refractivity contribution in [3.63, 3.8) is 0 Å². The van der Waals surface area contributed by atoms with Crippen LogP contribution < -0.4 is 10.1 Å². The maximum Gasteiger partial charge on any atom is 0.287 e. The number of benzene rings is 2. The van der Waals surface area contributed by atoms with E-state index in [4.69, 9.17) is 20.8 Å². The number of aryl methyl sites for hydroxylation is 1. The van der Waals surface area contributed by atoms with Crippen molar-refractivity contribution in [2.24, 2.45) is 0 Å². The number of aromatic nitrogens is 2. The van der Waals surface area contributed by atoms with Gasteiger partial charge in [-0.2, -0.15) is 0 Å². The van der Waals surface area contributed by atoms with Gasteiger partial charge in [0.2, 0.25) is 0 Å². The molecular formula is C22H20ClN3O3. The predicted octanol–water partition coefficient (Wildman–Crippen LogP) is 4.68. The van der Waals surface area contributed by atoms with E-state index in [9.17, 15) is 4.79 Å². The zero-order valence-electron chi connectivity index (χ0n) is 15.7. The largest absolute Gasteiger partial charge is 0.492 e. The molecule has 0 saturated carbocycles. The number of carbonyl (C=O) groups excluding carboxylic acids is 1. The molecule has 2 aromatic carbocycles. The van der Waals surface area contributed by atoms with E-state index in [1.165, 1.54) is 6.26 Å². The molecule has 2 aromatic heterocycles. The van der Waals surface area contributed by atoms with Gasteiger partial charge in [0.25, 0.3) is 5.91 Å². The third kappa shape index (κ3) is 4.43. The maximum absolute atomic E-state index is 12.2. The van der Waals surface area contributed by atoms with Crippen molar-refractivity contribution in [1.82, 2.24) is 14.9 Å². The minimum absolute atomic E-state index is 0.268. The van der Waals surface area contributed by atoms with Crippen LogP contribution in [0.25, 0.3) is 11.0 Å². The van der Waals surface area contributed by atoms with Gasteiger partial charge in [0.1, 0.15) is 11.6 Å². The van der Waals surface area contributed by atoms with Gasteiger partial charge in [0, 0.05) is 6.54 Å². The van der Waals surface area contributed by atoms with Crippen molar-refractivity contribution in [3.8, 4) is 5.75 Å². The first kappa shape index (κ1) is 19.1. The van der Waals surface area contributed by atoms with Crippen LogP contribution in [0.4, 0.5) is 0 Å². The number of carbonyl (C=O) groups is 1. The van der Waals surface area contributed by atoms with Gasteiger partial charge in [0.05, 0.1) is 35.5 Å². The Morgan fingerprint density at radius 1 is 1.10 bits per heavy atom. The third-order valence-corrected chi connectivity index (χ3v) is 4.82. The quantitative estimate of drug-likeness (QED) is 0.429. The summed E-state index contributed by atoms with van der Waals surface area (Å²) in [7, 11) is 0. The van der Waals surface area contributed by atoms with Crippen LogP contribution in [0.1, 0.15) is 22.8 Å². The van der Waals surface area contributed by atoms with E-state index in [1.54, 1.807) is 18.2 Å². The minimum atomic E-state index is -0.268. The zero-order valence-corrected chi connectivity index (χ0v) is 16.4. The molecule has 0 radical (unpaired) electrons. The molecule has 1 N–H and O–H groups in total. The molecule has 4 rings (SSSR count). The normalized spacial score (nSPS) is 10.9. The van der Waals surface area contributed by atoms with Gasteiger partial charge < -0.3 is 19.0 Å². The number of amides is 1. The second-order valence-electron chi connectivity index (χ2n) is 6.46. The third-order valence-electron chi connectivity index (χ3n) is 4.51. The topological polar surface area (TPSA) is 69.3 Å². The summed E-state index contributed by atoms with van der Waals surface area (Å²) in [4.78, 5) is 16.9. The molecule has 4 aromatic rings. The van der Waals surface area contributed by atoms with Crippen molar-refractivity contribution in [2.75, 3.05) is 6.61 Å². The molecule has 0 aliphatic rings. The van der Waals surface area contributed by atoms with Crippen molar-refractivity contribution < 1.29 is 13.9 Å². The average molecular weight is 410 g/mol. The lowest BCUT2D eigenvalue weighted by Gasteiger charge is -2.11. The number of rotatable bonds is 8. The average Bonchev–Trinajstić information content (AvgIpc) is 3.39. The number of nitrogens with zero attached hydrogens (tertiary/aromatic N) is 2. The van der Waals surface area contributed by atoms with Crippen molar-refractivity contribution >= 4 is 28.5 Å². The number of imidazole rings is 1. The fourth-order valence-electron chi connectivity index (χ4n) is 3.13. The van der Waals surface area contributed by atoms with E-state index >= 15 is 0 Å². The number of furan rings is 1. The molecule has 2 heterocycles. The summed E-state index contributed by atoms with van der Waals surface area (Å²) in [5, 5.41) is 3.46. The van der Waals surface area contributed by atoms with E-state index in [-0.39, 0.29) is 11.7 Å². The van der Waals surface area contributed by atoms with Crippen LogP contribution in [0.2, 0.25) is 5.02 Å². The number of fused-ring (bicyclic) bond motifs is 1. The van der Waals surface area contributed by atoms with Crippen LogP contribution in [0, 0.1) is 0 Å². The van der Waals surface area contributed by atoms with E-state index in [0.717, 1.165) is 23.3 Å². The molecule has 0 fully saturated rings. The summed E-state index contributed by atoms with van der Waals surface area (Å²) < 4.78 is 13.0. The molecule has 29 heavy (non-hydrogen) atoms. The van der Waals surface area contributed by atoms with Crippen LogP contribution in [0.5, 0.6) is 5.75 Å². The lowest BCUT2D eigenvalue weighted by Crippen LogP contribution is -2.24. The van der Waals surface area contributed by atoms with Gasteiger partial charge in [0.15, 0.2) is 5.76 Å².